The molecule has 0 amide bonds. The van der Waals surface area contributed by atoms with E-state index in [2.05, 4.69) is 91.7 Å². The Morgan fingerprint density at radius 3 is 1.05 bits per heavy atom. The molecule has 0 radical (unpaired) electrons. The average Bonchev–Trinajstić information content (AvgIpc) is 4.52. The quantitative estimate of drug-likeness (QED) is 0.0624. The predicted molar refractivity (Wildman–Crippen MR) is 314 cm³/mol. The number of nitrogens with two attached hydrogens (primary N) is 3. The van der Waals surface area contributed by atoms with Crippen molar-refractivity contribution in [1.82, 2.24) is 59.8 Å². The average molecular weight is 1150 g/mol. The zero-order valence-electron chi connectivity index (χ0n) is 47.3. The monoisotopic (exact) mass is 1150 g/mol. The molecule has 8 heterocycles. The van der Waals surface area contributed by atoms with Crippen molar-refractivity contribution in [2.45, 2.75) is 26.2 Å². The Morgan fingerprint density at radius 1 is 0.345 bits per heavy atom. The number of fused-ring (bicyclic) bond motifs is 4. The van der Waals surface area contributed by atoms with Crippen LogP contribution in [0, 0.1) is 0 Å². The van der Waals surface area contributed by atoms with Crippen LogP contribution in [0.2, 0.25) is 0 Å². The van der Waals surface area contributed by atoms with Gasteiger partial charge in [0.1, 0.15) is 0 Å². The molecule has 0 saturated carbocycles. The summed E-state index contributed by atoms with van der Waals surface area (Å²) in [6, 6.07) is 23.1. The molecule has 0 atom stereocenters. The highest BCUT2D eigenvalue weighted by atomic mass is 16.7. The minimum Gasteiger partial charge on any atom is -0.454 e. The van der Waals surface area contributed by atoms with E-state index < -0.39 is 0 Å². The Balaban J connectivity index is 0.000000134. The van der Waals surface area contributed by atoms with Crippen LogP contribution in [-0.2, 0) is 26.2 Å². The Bertz CT molecular complexity index is 3550. The van der Waals surface area contributed by atoms with Crippen molar-refractivity contribution in [3.63, 3.8) is 0 Å². The molecule has 0 saturated heterocycles. The molecule has 0 unspecified atom stereocenters. The molecule has 0 aliphatic carbocycles. The van der Waals surface area contributed by atoms with Gasteiger partial charge >= 0.3 is 0 Å². The second-order valence-electron chi connectivity index (χ2n) is 18.5. The van der Waals surface area contributed by atoms with Gasteiger partial charge in [-0.25, -0.2) is 0 Å². The van der Waals surface area contributed by atoms with E-state index in [0.717, 1.165) is 68.2 Å². The van der Waals surface area contributed by atoms with Crippen molar-refractivity contribution in [2.75, 3.05) is 147 Å². The molecule has 0 bridgehead atoms. The molecule has 4 aliphatic rings. The molecule has 440 valence electrons. The fraction of sp³-hybridized carbons (Fsp3) is 0.308. The lowest BCUT2D eigenvalue weighted by Gasteiger charge is -2.17. The van der Waals surface area contributed by atoms with Gasteiger partial charge in [0.15, 0.2) is 46.0 Å². The van der Waals surface area contributed by atoms with Crippen molar-refractivity contribution < 1.29 is 37.9 Å². The third-order valence-corrected chi connectivity index (χ3v) is 11.9. The Labute approximate surface area is 482 Å². The first-order chi connectivity index (χ1) is 40.7. The number of nitrogen functional groups attached to an aromatic ring is 3. The molecule has 4 aromatic heterocycles. The molecule has 4 aliphatic heterocycles. The lowest BCUT2D eigenvalue weighted by Crippen LogP contribution is -2.20. The van der Waals surface area contributed by atoms with Crippen LogP contribution < -0.4 is 102 Å². The topological polar surface area (TPSA) is 388 Å². The van der Waals surface area contributed by atoms with Crippen LogP contribution in [0.15, 0.2) is 72.8 Å². The van der Waals surface area contributed by atoms with Gasteiger partial charge in [0.2, 0.25) is 98.6 Å². The fourth-order valence-corrected chi connectivity index (χ4v) is 7.74. The summed E-state index contributed by atoms with van der Waals surface area (Å²) in [6.45, 7) is 3.36. The summed E-state index contributed by atoms with van der Waals surface area (Å²) in [6.07, 6.45) is 0. The number of hydrogen-bond donors (Lipinski definition) is 9. The van der Waals surface area contributed by atoms with Crippen LogP contribution >= 0.6 is 0 Å². The summed E-state index contributed by atoms with van der Waals surface area (Å²) >= 11 is 0. The summed E-state index contributed by atoms with van der Waals surface area (Å²) in [4.78, 5) is 55.3. The molecule has 32 nitrogen and oxygen atoms in total. The maximum atomic E-state index is 5.67. The lowest BCUT2D eigenvalue weighted by atomic mass is 10.2. The second kappa shape index (κ2) is 26.9. The van der Waals surface area contributed by atoms with Crippen molar-refractivity contribution in [3.05, 3.63) is 95.1 Å². The highest BCUT2D eigenvalue weighted by Crippen LogP contribution is 2.36. The maximum absolute atomic E-state index is 5.67. The van der Waals surface area contributed by atoms with E-state index in [1.165, 1.54) is 0 Å². The number of aromatic nitrogens is 12. The van der Waals surface area contributed by atoms with Gasteiger partial charge in [-0.05, 0) is 70.8 Å². The highest BCUT2D eigenvalue weighted by molar-refractivity contribution is 5.51. The van der Waals surface area contributed by atoms with Gasteiger partial charge in [-0.15, -0.1) is 0 Å². The van der Waals surface area contributed by atoms with Crippen molar-refractivity contribution >= 4 is 71.4 Å². The number of anilines is 12. The number of rotatable bonds is 17. The SMILES string of the molecule is CN(C)c1nc(N)nc(NCc2ccc3c(c2)OCO3)n1.CNc1nc(N)nc(N(C)Cc2ccc3c(c2)OCO3)n1.CNc1nc(N)nc(NCc2ccc3c(c2)OCO3)n1.CNc1nc(NCc2ccc3c(c2)OCO3)nc(N(C)C)n1. The molecule has 0 fully saturated rings. The van der Waals surface area contributed by atoms with Crippen LogP contribution in [0.1, 0.15) is 22.3 Å². The third-order valence-electron chi connectivity index (χ3n) is 11.9. The van der Waals surface area contributed by atoms with E-state index in [1.807, 2.05) is 118 Å². The van der Waals surface area contributed by atoms with Crippen LogP contribution in [-0.4, -0.2) is 143 Å². The van der Waals surface area contributed by atoms with Gasteiger partial charge in [0.05, 0.1) is 0 Å². The van der Waals surface area contributed by atoms with Gasteiger partial charge in [-0.1, -0.05) is 24.3 Å². The van der Waals surface area contributed by atoms with Crippen molar-refractivity contribution in [2.24, 2.45) is 0 Å². The molecule has 12 N–H and O–H groups in total. The number of nitrogens with one attached hydrogen (secondary N) is 6. The zero-order chi connectivity index (χ0) is 59.1. The summed E-state index contributed by atoms with van der Waals surface area (Å²) in [7, 11) is 14.6. The zero-order valence-corrected chi connectivity index (χ0v) is 47.3. The van der Waals surface area contributed by atoms with E-state index in [4.69, 9.17) is 55.1 Å². The summed E-state index contributed by atoms with van der Waals surface area (Å²) in [5, 5.41) is 18.0. The van der Waals surface area contributed by atoms with E-state index in [-0.39, 0.29) is 45.0 Å². The summed E-state index contributed by atoms with van der Waals surface area (Å²) < 4.78 is 42.5. The van der Waals surface area contributed by atoms with Crippen LogP contribution in [0.4, 0.5) is 71.4 Å². The lowest BCUT2D eigenvalue weighted by molar-refractivity contribution is 0.173. The standard InChI is InChI=1S/C14H18N6O2.2C13H16N6O2.C12H14N6O2/c1-15-12-17-13(19-14(18-12)20(2)3)16-7-9-4-5-10-11(6-9)22-8-21-10;1-19(2)13-17-11(14)16-12(18-13)15-6-8-3-4-9-10(5-8)21-7-20-9;1-15-12-16-11(14)17-13(18-12)19(2)6-8-3-4-9-10(5-8)21-7-20-9;1-14-11-16-10(13)17-12(18-11)15-5-7-2-3-8-9(4-7)20-6-19-8/h4-6H,7-8H2,1-3H3,(H2,15,16,17,18,19);2*3-5H,6-7H2,1-2H3,(H3,14,15,16,17,18);2-4H,5-6H2,1H3,(H4,13,14,15,16,17,18). The van der Waals surface area contributed by atoms with Crippen LogP contribution in [0.3, 0.4) is 0 Å². The van der Waals surface area contributed by atoms with Gasteiger partial charge in [0.25, 0.3) is 0 Å². The minimum atomic E-state index is 0.164. The molecular weight excluding hydrogens is 1090 g/mol. The van der Waals surface area contributed by atoms with Gasteiger partial charge in [-0.2, -0.15) is 59.8 Å². The number of benzene rings is 4. The first kappa shape index (κ1) is 57.6. The van der Waals surface area contributed by atoms with Crippen LogP contribution in [0.25, 0.3) is 0 Å². The van der Waals surface area contributed by atoms with E-state index in [9.17, 15) is 0 Å². The smallest absolute Gasteiger partial charge is 0.231 e. The Hall–Kier alpha value is -11.1. The van der Waals surface area contributed by atoms with Crippen molar-refractivity contribution in [3.8, 4) is 46.0 Å². The number of ether oxygens (including phenoxy) is 8. The van der Waals surface area contributed by atoms with Gasteiger partial charge in [0, 0.05) is 82.6 Å². The van der Waals surface area contributed by atoms with E-state index in [0.29, 0.717) is 79.7 Å². The first-order valence-electron chi connectivity index (χ1n) is 25.8. The summed E-state index contributed by atoms with van der Waals surface area (Å²) in [5.41, 5.74) is 21.1. The first-order valence-corrected chi connectivity index (χ1v) is 25.8. The maximum Gasteiger partial charge on any atom is 0.231 e. The largest absolute Gasteiger partial charge is 0.454 e. The molecule has 8 aromatic rings. The van der Waals surface area contributed by atoms with E-state index in [1.54, 1.807) is 26.0 Å². The highest BCUT2D eigenvalue weighted by Gasteiger charge is 2.19. The normalized spacial score (nSPS) is 12.2. The molecule has 4 aromatic carbocycles. The molecule has 32 heteroatoms. The van der Waals surface area contributed by atoms with Gasteiger partial charge < -0.3 is 102 Å². The molecule has 84 heavy (non-hydrogen) atoms. The Morgan fingerprint density at radius 2 is 0.631 bits per heavy atom. The second-order valence-corrected chi connectivity index (χ2v) is 18.5. The molecule has 0 spiro atoms. The fourth-order valence-electron chi connectivity index (χ4n) is 7.74. The third kappa shape index (κ3) is 15.4. The minimum absolute atomic E-state index is 0.164. The van der Waals surface area contributed by atoms with Crippen LogP contribution in [0.5, 0.6) is 46.0 Å². The number of hydrogen-bond acceptors (Lipinski definition) is 32. The van der Waals surface area contributed by atoms with Crippen molar-refractivity contribution in [1.29, 1.82) is 0 Å². The summed E-state index contributed by atoms with van der Waals surface area (Å²) in [5.74, 6) is 11.0. The predicted octanol–water partition coefficient (Wildman–Crippen LogP) is 3.88. The number of nitrogens with zero attached hydrogens (tertiary/aromatic N) is 15. The Kier molecular flexibility index (Phi) is 18.5. The van der Waals surface area contributed by atoms with E-state index >= 15 is 0 Å². The molecule has 12 rings (SSSR count). The molecular formula is C52H64N24O8. The van der Waals surface area contributed by atoms with Gasteiger partial charge in [-0.3, -0.25) is 0 Å².